The van der Waals surface area contributed by atoms with Crippen molar-refractivity contribution < 1.29 is 4.92 Å². The van der Waals surface area contributed by atoms with E-state index in [1.54, 1.807) is 20.0 Å². The Morgan fingerprint density at radius 2 is 2.18 bits per heavy atom. The summed E-state index contributed by atoms with van der Waals surface area (Å²) in [6.45, 7) is 1.84. The van der Waals surface area contributed by atoms with Crippen LogP contribution < -0.4 is 5.46 Å². The summed E-state index contributed by atoms with van der Waals surface area (Å²) in [6, 6.07) is 5.20. The molecule has 1 aromatic rings. The summed E-state index contributed by atoms with van der Waals surface area (Å²) >= 11 is 0. The molecule has 0 bridgehead atoms. The molecule has 1 rings (SSSR count). The lowest BCUT2D eigenvalue weighted by Crippen LogP contribution is -2.08. The van der Waals surface area contributed by atoms with Crippen molar-refractivity contribution in [2.75, 3.05) is 0 Å². The van der Waals surface area contributed by atoms with E-state index in [9.17, 15) is 10.1 Å². The summed E-state index contributed by atoms with van der Waals surface area (Å²) in [4.78, 5) is 10.0. The summed E-state index contributed by atoms with van der Waals surface area (Å²) < 4.78 is 0. The van der Waals surface area contributed by atoms with E-state index < -0.39 is 0 Å². The van der Waals surface area contributed by atoms with Gasteiger partial charge in [-0.05, 0) is 17.9 Å². The second-order valence-corrected chi connectivity index (χ2v) is 2.55. The van der Waals surface area contributed by atoms with Crippen LogP contribution in [0.2, 0.25) is 0 Å². The molecule has 0 spiro atoms. The van der Waals surface area contributed by atoms with Gasteiger partial charge in [0.2, 0.25) is 0 Å². The molecule has 0 heterocycles. The maximum absolute atomic E-state index is 10.4. The molecule has 0 aliphatic carbocycles. The third-order valence-electron chi connectivity index (χ3n) is 1.56. The zero-order chi connectivity index (χ0) is 8.43. The standard InChI is InChI=1S/C7H8BNO2/c1-5-2-3-6(8)7(4-5)9(10)11/h2-4H,8H2,1H3. The fourth-order valence-corrected chi connectivity index (χ4v) is 0.916. The molecule has 0 N–H and O–H groups in total. The number of nitro groups is 1. The zero-order valence-electron chi connectivity index (χ0n) is 6.50. The first-order valence-corrected chi connectivity index (χ1v) is 3.33. The first-order valence-electron chi connectivity index (χ1n) is 3.33. The lowest BCUT2D eigenvalue weighted by Gasteiger charge is -1.96. The highest BCUT2D eigenvalue weighted by Gasteiger charge is 2.08. The van der Waals surface area contributed by atoms with Gasteiger partial charge in [0.1, 0.15) is 7.85 Å². The van der Waals surface area contributed by atoms with E-state index in [-0.39, 0.29) is 10.6 Å². The normalized spacial score (nSPS) is 9.55. The molecule has 0 aliphatic rings. The van der Waals surface area contributed by atoms with Gasteiger partial charge in [0, 0.05) is 6.07 Å². The van der Waals surface area contributed by atoms with Crippen LogP contribution in [0.15, 0.2) is 18.2 Å². The number of hydrogen-bond acceptors (Lipinski definition) is 2. The molecule has 0 atom stereocenters. The van der Waals surface area contributed by atoms with E-state index >= 15 is 0 Å². The first kappa shape index (κ1) is 7.79. The Kier molecular flexibility index (Phi) is 1.94. The molecule has 56 valence electrons. The minimum Gasteiger partial charge on any atom is -0.258 e. The van der Waals surface area contributed by atoms with Gasteiger partial charge in [-0.3, -0.25) is 10.1 Å². The van der Waals surface area contributed by atoms with Crippen LogP contribution in [0.1, 0.15) is 5.56 Å². The Morgan fingerprint density at radius 1 is 1.55 bits per heavy atom. The Morgan fingerprint density at radius 3 is 2.64 bits per heavy atom. The monoisotopic (exact) mass is 149 g/mol. The smallest absolute Gasteiger partial charge is 0.258 e. The van der Waals surface area contributed by atoms with Crippen LogP contribution in [-0.4, -0.2) is 12.8 Å². The van der Waals surface area contributed by atoms with E-state index in [2.05, 4.69) is 0 Å². The van der Waals surface area contributed by atoms with Gasteiger partial charge in [0.15, 0.2) is 0 Å². The molecule has 0 radical (unpaired) electrons. The van der Waals surface area contributed by atoms with Crippen LogP contribution in [0.5, 0.6) is 0 Å². The Balaban J connectivity index is 3.23. The van der Waals surface area contributed by atoms with Crippen molar-refractivity contribution in [2.24, 2.45) is 0 Å². The Labute approximate surface area is 65.6 Å². The minimum absolute atomic E-state index is 0.199. The Hall–Kier alpha value is -1.32. The van der Waals surface area contributed by atoms with Gasteiger partial charge in [-0.15, -0.1) is 0 Å². The lowest BCUT2D eigenvalue weighted by molar-refractivity contribution is -0.383. The van der Waals surface area contributed by atoms with Crippen molar-refractivity contribution in [1.82, 2.24) is 0 Å². The summed E-state index contributed by atoms with van der Waals surface area (Å²) in [5.74, 6) is 0. The van der Waals surface area contributed by atoms with Crippen LogP contribution in [0, 0.1) is 17.0 Å². The van der Waals surface area contributed by atoms with Crippen LogP contribution in [0.4, 0.5) is 5.69 Å². The van der Waals surface area contributed by atoms with E-state index in [1.165, 1.54) is 0 Å². The number of nitro benzene ring substituents is 1. The van der Waals surface area contributed by atoms with Crippen LogP contribution in [-0.2, 0) is 0 Å². The topological polar surface area (TPSA) is 43.1 Å². The maximum Gasteiger partial charge on any atom is 0.263 e. The van der Waals surface area contributed by atoms with Gasteiger partial charge in [-0.1, -0.05) is 12.1 Å². The van der Waals surface area contributed by atoms with E-state index in [0.29, 0.717) is 5.46 Å². The van der Waals surface area contributed by atoms with Gasteiger partial charge >= 0.3 is 0 Å². The zero-order valence-corrected chi connectivity index (χ0v) is 6.50. The summed E-state index contributed by atoms with van der Waals surface area (Å²) in [5, 5.41) is 10.4. The van der Waals surface area contributed by atoms with Crippen molar-refractivity contribution in [3.05, 3.63) is 33.9 Å². The predicted octanol–water partition coefficient (Wildman–Crippen LogP) is 0.162. The molecule has 4 heteroatoms. The van der Waals surface area contributed by atoms with Gasteiger partial charge < -0.3 is 0 Å². The first-order chi connectivity index (χ1) is 5.11. The molecule has 0 amide bonds. The van der Waals surface area contributed by atoms with Crippen LogP contribution >= 0.6 is 0 Å². The van der Waals surface area contributed by atoms with Gasteiger partial charge in [-0.2, -0.15) is 0 Å². The molecule has 0 aliphatic heterocycles. The summed E-state index contributed by atoms with van der Waals surface area (Å²) in [5.41, 5.74) is 1.83. The van der Waals surface area contributed by atoms with E-state index in [1.807, 2.05) is 13.0 Å². The third-order valence-corrected chi connectivity index (χ3v) is 1.56. The molecule has 0 saturated carbocycles. The molecule has 3 nitrogen and oxygen atoms in total. The number of hydrogen-bond donors (Lipinski definition) is 0. The predicted molar refractivity (Wildman–Crippen MR) is 46.0 cm³/mol. The quantitative estimate of drug-likeness (QED) is 0.324. The maximum atomic E-state index is 10.4. The average molecular weight is 149 g/mol. The van der Waals surface area contributed by atoms with Crippen molar-refractivity contribution >= 4 is 19.0 Å². The molecule has 0 unspecified atom stereocenters. The summed E-state index contributed by atoms with van der Waals surface area (Å²) in [7, 11) is 1.73. The van der Waals surface area contributed by atoms with Crippen molar-refractivity contribution in [3.63, 3.8) is 0 Å². The SMILES string of the molecule is Bc1ccc(C)cc1[N+](=O)[O-]. The number of aryl methyl sites for hydroxylation is 1. The molecular formula is C7H8BNO2. The molecule has 0 fully saturated rings. The fraction of sp³-hybridized carbons (Fsp3) is 0.143. The highest BCUT2D eigenvalue weighted by atomic mass is 16.6. The second-order valence-electron chi connectivity index (χ2n) is 2.55. The van der Waals surface area contributed by atoms with E-state index in [4.69, 9.17) is 0 Å². The fourth-order valence-electron chi connectivity index (χ4n) is 0.916. The lowest BCUT2D eigenvalue weighted by atomic mass is 9.93. The average Bonchev–Trinajstić information content (AvgIpc) is 1.94. The molecule has 0 saturated heterocycles. The van der Waals surface area contributed by atoms with Gasteiger partial charge in [0.25, 0.3) is 5.69 Å². The number of nitrogens with zero attached hydrogens (tertiary/aromatic N) is 1. The van der Waals surface area contributed by atoms with Crippen molar-refractivity contribution in [2.45, 2.75) is 6.92 Å². The Bertz CT molecular complexity index is 298. The molecule has 0 aromatic heterocycles. The van der Waals surface area contributed by atoms with Crippen LogP contribution in [0.3, 0.4) is 0 Å². The highest BCUT2D eigenvalue weighted by molar-refractivity contribution is 6.35. The van der Waals surface area contributed by atoms with Gasteiger partial charge in [-0.25, -0.2) is 0 Å². The molecule has 1 aromatic carbocycles. The minimum atomic E-state index is -0.359. The highest BCUT2D eigenvalue weighted by Crippen LogP contribution is 2.08. The van der Waals surface area contributed by atoms with Crippen molar-refractivity contribution in [3.8, 4) is 0 Å². The van der Waals surface area contributed by atoms with Crippen molar-refractivity contribution in [1.29, 1.82) is 0 Å². The second kappa shape index (κ2) is 2.74. The van der Waals surface area contributed by atoms with Gasteiger partial charge in [0.05, 0.1) is 4.92 Å². The van der Waals surface area contributed by atoms with Crippen LogP contribution in [0.25, 0.3) is 0 Å². The molecule has 11 heavy (non-hydrogen) atoms. The molecular weight excluding hydrogens is 141 g/mol. The largest absolute Gasteiger partial charge is 0.263 e. The van der Waals surface area contributed by atoms with E-state index in [0.717, 1.165) is 5.56 Å². The third kappa shape index (κ3) is 1.58. The number of benzene rings is 1. The number of rotatable bonds is 1. The summed E-state index contributed by atoms with van der Waals surface area (Å²) in [6.07, 6.45) is 0.